The molecule has 1 amide bonds. The predicted molar refractivity (Wildman–Crippen MR) is 126 cm³/mol. The zero-order chi connectivity index (χ0) is 23.4. The standard InChI is InChI=1S/C23H25N5O4S/c1-17(29)26-19-6-8-21(9-7-19)33(30,31)28-12-10-27(11-13-28)23-15-22(24-16-25-23)18-4-3-5-20(14-18)32-2/h3-9,14-16H,10-13H2,1-2H3,(H,26,29). The van der Waals surface area contributed by atoms with E-state index < -0.39 is 10.0 Å². The number of carbonyl (C=O) groups excluding carboxylic acids is 1. The third-order valence-corrected chi connectivity index (χ3v) is 7.31. The Bertz CT molecular complexity index is 1240. The second kappa shape index (κ2) is 9.55. The van der Waals surface area contributed by atoms with Crippen molar-refractivity contribution in [3.05, 3.63) is 60.9 Å². The lowest BCUT2D eigenvalue weighted by Gasteiger charge is -2.34. The molecular weight excluding hydrogens is 442 g/mol. The zero-order valence-corrected chi connectivity index (χ0v) is 19.2. The normalized spacial score (nSPS) is 14.7. The van der Waals surface area contributed by atoms with Gasteiger partial charge in [0.2, 0.25) is 15.9 Å². The molecule has 1 N–H and O–H groups in total. The lowest BCUT2D eigenvalue weighted by molar-refractivity contribution is -0.114. The number of amides is 1. The summed E-state index contributed by atoms with van der Waals surface area (Å²) in [7, 11) is -2.00. The molecule has 0 aliphatic carbocycles. The van der Waals surface area contributed by atoms with Crippen LogP contribution in [0.15, 0.2) is 65.8 Å². The second-order valence-electron chi connectivity index (χ2n) is 7.59. The Hall–Kier alpha value is -3.50. The minimum Gasteiger partial charge on any atom is -0.497 e. The van der Waals surface area contributed by atoms with Crippen LogP contribution in [0.3, 0.4) is 0 Å². The van der Waals surface area contributed by atoms with Gasteiger partial charge in [0.05, 0.1) is 17.7 Å². The van der Waals surface area contributed by atoms with Crippen LogP contribution in [0, 0.1) is 0 Å². The summed E-state index contributed by atoms with van der Waals surface area (Å²) >= 11 is 0. The van der Waals surface area contributed by atoms with E-state index in [0.29, 0.717) is 31.9 Å². The van der Waals surface area contributed by atoms with Gasteiger partial charge in [0.15, 0.2) is 0 Å². The van der Waals surface area contributed by atoms with Crippen molar-refractivity contribution in [1.29, 1.82) is 0 Å². The molecule has 0 radical (unpaired) electrons. The number of rotatable bonds is 6. The van der Waals surface area contributed by atoms with Crippen molar-refractivity contribution < 1.29 is 17.9 Å². The summed E-state index contributed by atoms with van der Waals surface area (Å²) in [5, 5.41) is 2.64. The number of methoxy groups -OCH3 is 1. The van der Waals surface area contributed by atoms with Crippen molar-refractivity contribution in [2.24, 2.45) is 0 Å². The molecule has 2 heterocycles. The second-order valence-corrected chi connectivity index (χ2v) is 9.53. The topological polar surface area (TPSA) is 105 Å². The molecule has 1 aliphatic rings. The monoisotopic (exact) mass is 467 g/mol. The van der Waals surface area contributed by atoms with Crippen LogP contribution in [-0.4, -0.2) is 61.9 Å². The summed E-state index contributed by atoms with van der Waals surface area (Å²) < 4.78 is 32.9. The number of nitrogens with zero attached hydrogens (tertiary/aromatic N) is 4. The van der Waals surface area contributed by atoms with Gasteiger partial charge in [0.1, 0.15) is 17.9 Å². The van der Waals surface area contributed by atoms with Crippen molar-refractivity contribution in [2.75, 3.05) is 43.5 Å². The molecule has 1 aromatic heterocycles. The van der Waals surface area contributed by atoms with Gasteiger partial charge >= 0.3 is 0 Å². The first-order valence-corrected chi connectivity index (χ1v) is 11.9. The summed E-state index contributed by atoms with van der Waals surface area (Å²) in [5.41, 5.74) is 2.25. The van der Waals surface area contributed by atoms with E-state index in [-0.39, 0.29) is 10.8 Å². The van der Waals surface area contributed by atoms with E-state index in [2.05, 4.69) is 20.2 Å². The fraction of sp³-hybridized carbons (Fsp3) is 0.261. The number of hydrogen-bond acceptors (Lipinski definition) is 7. The van der Waals surface area contributed by atoms with Gasteiger partial charge in [-0.2, -0.15) is 4.31 Å². The van der Waals surface area contributed by atoms with Crippen molar-refractivity contribution in [3.63, 3.8) is 0 Å². The molecule has 1 aliphatic heterocycles. The molecule has 4 rings (SSSR count). The fourth-order valence-corrected chi connectivity index (χ4v) is 5.10. The highest BCUT2D eigenvalue weighted by Gasteiger charge is 2.29. The molecule has 3 aromatic rings. The van der Waals surface area contributed by atoms with E-state index in [4.69, 9.17) is 4.74 Å². The summed E-state index contributed by atoms with van der Waals surface area (Å²) in [6.45, 7) is 3.11. The van der Waals surface area contributed by atoms with Gasteiger partial charge in [-0.05, 0) is 36.4 Å². The average Bonchev–Trinajstić information content (AvgIpc) is 2.84. The Morgan fingerprint density at radius 1 is 1.00 bits per heavy atom. The molecule has 9 nitrogen and oxygen atoms in total. The molecule has 1 saturated heterocycles. The number of aromatic nitrogens is 2. The van der Waals surface area contributed by atoms with E-state index in [1.54, 1.807) is 19.2 Å². The van der Waals surface area contributed by atoms with Crippen LogP contribution in [0.25, 0.3) is 11.3 Å². The maximum Gasteiger partial charge on any atom is 0.243 e. The number of benzene rings is 2. The maximum absolute atomic E-state index is 13.0. The van der Waals surface area contributed by atoms with E-state index in [0.717, 1.165) is 22.8 Å². The first-order chi connectivity index (χ1) is 15.9. The van der Waals surface area contributed by atoms with Crippen LogP contribution in [0.1, 0.15) is 6.92 Å². The molecule has 33 heavy (non-hydrogen) atoms. The van der Waals surface area contributed by atoms with Crippen LogP contribution in [-0.2, 0) is 14.8 Å². The van der Waals surface area contributed by atoms with E-state index >= 15 is 0 Å². The molecule has 0 unspecified atom stereocenters. The third-order valence-electron chi connectivity index (χ3n) is 5.39. The van der Waals surface area contributed by atoms with Crippen molar-refractivity contribution in [3.8, 4) is 17.0 Å². The molecule has 0 spiro atoms. The van der Waals surface area contributed by atoms with E-state index in [9.17, 15) is 13.2 Å². The molecule has 172 valence electrons. The molecule has 0 saturated carbocycles. The van der Waals surface area contributed by atoms with Crippen LogP contribution in [0.2, 0.25) is 0 Å². The van der Waals surface area contributed by atoms with Gasteiger partial charge in [0.25, 0.3) is 0 Å². The van der Waals surface area contributed by atoms with Gasteiger partial charge in [0, 0.05) is 50.4 Å². The Morgan fingerprint density at radius 2 is 1.73 bits per heavy atom. The smallest absolute Gasteiger partial charge is 0.243 e. The van der Waals surface area contributed by atoms with Gasteiger partial charge in [-0.25, -0.2) is 18.4 Å². The molecule has 10 heteroatoms. The van der Waals surface area contributed by atoms with Crippen LogP contribution in [0.4, 0.5) is 11.5 Å². The van der Waals surface area contributed by atoms with Gasteiger partial charge < -0.3 is 15.0 Å². The first-order valence-electron chi connectivity index (χ1n) is 10.5. The minimum absolute atomic E-state index is 0.201. The number of carbonyl (C=O) groups is 1. The van der Waals surface area contributed by atoms with Crippen molar-refractivity contribution >= 4 is 27.4 Å². The van der Waals surface area contributed by atoms with Crippen LogP contribution < -0.4 is 15.0 Å². The highest BCUT2D eigenvalue weighted by Crippen LogP contribution is 2.26. The first kappa shape index (κ1) is 22.7. The molecular formula is C23H25N5O4S. The SMILES string of the molecule is COc1cccc(-c2cc(N3CCN(S(=O)(=O)c4ccc(NC(C)=O)cc4)CC3)ncn2)c1. The minimum atomic E-state index is -3.62. The molecule has 2 aromatic carbocycles. The lowest BCUT2D eigenvalue weighted by atomic mass is 10.1. The lowest BCUT2D eigenvalue weighted by Crippen LogP contribution is -2.48. The number of anilines is 2. The summed E-state index contributed by atoms with van der Waals surface area (Å²) in [4.78, 5) is 22.2. The third kappa shape index (κ3) is 5.12. The number of ether oxygens (including phenoxy) is 1. The number of nitrogens with one attached hydrogen (secondary N) is 1. The van der Waals surface area contributed by atoms with Crippen molar-refractivity contribution in [1.82, 2.24) is 14.3 Å². The number of sulfonamides is 1. The Labute approximate surface area is 193 Å². The quantitative estimate of drug-likeness (QED) is 0.594. The molecule has 0 bridgehead atoms. The largest absolute Gasteiger partial charge is 0.497 e. The average molecular weight is 468 g/mol. The van der Waals surface area contributed by atoms with Gasteiger partial charge in [-0.15, -0.1) is 0 Å². The number of piperazine rings is 1. The Morgan fingerprint density at radius 3 is 2.39 bits per heavy atom. The molecule has 0 atom stereocenters. The highest BCUT2D eigenvalue weighted by molar-refractivity contribution is 7.89. The Kier molecular flexibility index (Phi) is 6.57. The highest BCUT2D eigenvalue weighted by atomic mass is 32.2. The summed E-state index contributed by atoms with van der Waals surface area (Å²) in [6, 6.07) is 15.7. The maximum atomic E-state index is 13.0. The van der Waals surface area contributed by atoms with E-state index in [1.165, 1.54) is 29.7 Å². The zero-order valence-electron chi connectivity index (χ0n) is 18.4. The van der Waals surface area contributed by atoms with Crippen LogP contribution >= 0.6 is 0 Å². The predicted octanol–water partition coefficient (Wildman–Crippen LogP) is 2.62. The number of hydrogen-bond donors (Lipinski definition) is 1. The molecule has 1 fully saturated rings. The summed E-state index contributed by atoms with van der Waals surface area (Å²) in [6.07, 6.45) is 1.52. The Balaban J connectivity index is 1.45. The summed E-state index contributed by atoms with van der Waals surface area (Å²) in [5.74, 6) is 1.29. The van der Waals surface area contributed by atoms with Crippen molar-refractivity contribution in [2.45, 2.75) is 11.8 Å². The van der Waals surface area contributed by atoms with Gasteiger partial charge in [-0.1, -0.05) is 12.1 Å². The van der Waals surface area contributed by atoms with Crippen LogP contribution in [0.5, 0.6) is 5.75 Å². The van der Waals surface area contributed by atoms with E-state index in [1.807, 2.05) is 30.3 Å². The van der Waals surface area contributed by atoms with Gasteiger partial charge in [-0.3, -0.25) is 4.79 Å². The fourth-order valence-electron chi connectivity index (χ4n) is 3.68.